The predicted octanol–water partition coefficient (Wildman–Crippen LogP) is 2.87. The average molecular weight is 341 g/mol. The molecule has 4 rings (SSSR count). The minimum atomic E-state index is -0.0944. The van der Waals surface area contributed by atoms with E-state index in [0.717, 1.165) is 56.7 Å². The van der Waals surface area contributed by atoms with Crippen LogP contribution in [0.25, 0.3) is 0 Å². The second-order valence-electron chi connectivity index (χ2n) is 7.60. The smallest absolute Gasteiger partial charge is 0.229 e. The molecule has 0 radical (unpaired) electrons. The van der Waals surface area contributed by atoms with E-state index >= 15 is 0 Å². The van der Waals surface area contributed by atoms with Crippen molar-refractivity contribution in [1.82, 2.24) is 4.90 Å². The lowest BCUT2D eigenvalue weighted by Gasteiger charge is -2.32. The summed E-state index contributed by atoms with van der Waals surface area (Å²) in [5, 5.41) is 3.14. The molecule has 25 heavy (non-hydrogen) atoms. The standard InChI is InChI=1S/C20H27N3O2/c24-19(16-6-5-13-23(14-16)20(25)15-9-10-15)21-17-7-1-2-8-18(17)22-11-3-4-12-22/h1-2,7-8,15-16H,3-6,9-14H2,(H,21,24)/t16-/m1/s1. The van der Waals surface area contributed by atoms with Gasteiger partial charge in [-0.05, 0) is 50.7 Å². The number of rotatable bonds is 4. The van der Waals surface area contributed by atoms with Crippen LogP contribution in [-0.4, -0.2) is 42.9 Å². The van der Waals surface area contributed by atoms with Crippen molar-refractivity contribution in [2.45, 2.75) is 38.5 Å². The summed E-state index contributed by atoms with van der Waals surface area (Å²) in [5.41, 5.74) is 2.02. The summed E-state index contributed by atoms with van der Waals surface area (Å²) in [4.78, 5) is 29.4. The van der Waals surface area contributed by atoms with E-state index in [4.69, 9.17) is 0 Å². The minimum absolute atomic E-state index is 0.0555. The van der Waals surface area contributed by atoms with Crippen LogP contribution in [0.2, 0.25) is 0 Å². The Morgan fingerprint density at radius 2 is 1.68 bits per heavy atom. The van der Waals surface area contributed by atoms with Crippen molar-refractivity contribution in [2.75, 3.05) is 36.4 Å². The van der Waals surface area contributed by atoms with E-state index in [1.165, 1.54) is 12.8 Å². The van der Waals surface area contributed by atoms with Crippen molar-refractivity contribution in [1.29, 1.82) is 0 Å². The Balaban J connectivity index is 1.42. The molecule has 0 aromatic heterocycles. The molecule has 2 aliphatic heterocycles. The summed E-state index contributed by atoms with van der Waals surface area (Å²) in [6.45, 7) is 3.50. The number of nitrogens with zero attached hydrogens (tertiary/aromatic N) is 2. The van der Waals surface area contributed by atoms with E-state index in [1.54, 1.807) is 0 Å². The zero-order valence-corrected chi connectivity index (χ0v) is 14.7. The molecule has 0 bridgehead atoms. The molecule has 1 aromatic rings. The Kier molecular flexibility index (Phi) is 4.64. The van der Waals surface area contributed by atoms with Gasteiger partial charge in [-0.15, -0.1) is 0 Å². The zero-order valence-electron chi connectivity index (χ0n) is 14.7. The van der Waals surface area contributed by atoms with Crippen molar-refractivity contribution >= 4 is 23.2 Å². The maximum Gasteiger partial charge on any atom is 0.229 e. The van der Waals surface area contributed by atoms with Gasteiger partial charge in [-0.25, -0.2) is 0 Å². The molecule has 1 atom stereocenters. The van der Waals surface area contributed by atoms with Crippen LogP contribution in [0.1, 0.15) is 38.5 Å². The summed E-state index contributed by atoms with van der Waals surface area (Å²) >= 11 is 0. The first-order chi connectivity index (χ1) is 12.2. The summed E-state index contributed by atoms with van der Waals surface area (Å²) in [6.07, 6.45) is 6.26. The summed E-state index contributed by atoms with van der Waals surface area (Å²) in [5.74, 6) is 0.454. The van der Waals surface area contributed by atoms with Gasteiger partial charge in [0, 0.05) is 32.1 Å². The van der Waals surface area contributed by atoms with Gasteiger partial charge in [0.1, 0.15) is 0 Å². The highest BCUT2D eigenvalue weighted by Crippen LogP contribution is 2.33. The lowest BCUT2D eigenvalue weighted by Crippen LogP contribution is -2.44. The first kappa shape index (κ1) is 16.4. The van der Waals surface area contributed by atoms with Crippen LogP contribution in [0.4, 0.5) is 11.4 Å². The van der Waals surface area contributed by atoms with Gasteiger partial charge in [0.15, 0.2) is 0 Å². The molecule has 1 N–H and O–H groups in total. The Morgan fingerprint density at radius 1 is 0.920 bits per heavy atom. The first-order valence-corrected chi connectivity index (χ1v) is 9.66. The number of carbonyl (C=O) groups is 2. The third-order valence-electron chi connectivity index (χ3n) is 5.64. The molecular formula is C20H27N3O2. The molecule has 1 saturated carbocycles. The molecule has 0 spiro atoms. The molecule has 5 nitrogen and oxygen atoms in total. The van der Waals surface area contributed by atoms with E-state index in [2.05, 4.69) is 16.3 Å². The van der Waals surface area contributed by atoms with Crippen molar-refractivity contribution < 1.29 is 9.59 Å². The van der Waals surface area contributed by atoms with Crippen molar-refractivity contribution in [3.63, 3.8) is 0 Å². The monoisotopic (exact) mass is 341 g/mol. The molecule has 3 fully saturated rings. The Morgan fingerprint density at radius 3 is 2.44 bits per heavy atom. The highest BCUT2D eigenvalue weighted by atomic mass is 16.2. The highest BCUT2D eigenvalue weighted by molar-refractivity contribution is 5.96. The molecule has 134 valence electrons. The van der Waals surface area contributed by atoms with Crippen LogP contribution in [-0.2, 0) is 9.59 Å². The molecule has 2 saturated heterocycles. The van der Waals surface area contributed by atoms with Gasteiger partial charge < -0.3 is 15.1 Å². The van der Waals surface area contributed by atoms with Crippen molar-refractivity contribution in [3.05, 3.63) is 24.3 Å². The molecule has 5 heteroatoms. The second-order valence-corrected chi connectivity index (χ2v) is 7.60. The number of likely N-dealkylation sites (tertiary alicyclic amines) is 1. The normalized spacial score (nSPS) is 23.6. The molecule has 1 aromatic carbocycles. The SMILES string of the molecule is O=C(Nc1ccccc1N1CCCC1)[C@@H]1CCCN(C(=O)C2CC2)C1. The van der Waals surface area contributed by atoms with Crippen molar-refractivity contribution in [3.8, 4) is 0 Å². The highest BCUT2D eigenvalue weighted by Gasteiger charge is 2.36. The summed E-state index contributed by atoms with van der Waals surface area (Å²) < 4.78 is 0. The van der Waals surface area contributed by atoms with Gasteiger partial charge >= 0.3 is 0 Å². The number of benzene rings is 1. The number of amides is 2. The number of hydrogen-bond acceptors (Lipinski definition) is 3. The number of hydrogen-bond donors (Lipinski definition) is 1. The Hall–Kier alpha value is -2.04. The number of nitrogens with one attached hydrogen (secondary N) is 1. The van der Waals surface area contributed by atoms with Crippen LogP contribution in [0.3, 0.4) is 0 Å². The molecule has 2 amide bonds. The fourth-order valence-electron chi connectivity index (χ4n) is 4.03. The van der Waals surface area contributed by atoms with Gasteiger partial charge in [0.2, 0.25) is 11.8 Å². The van der Waals surface area contributed by atoms with Crippen LogP contribution in [0, 0.1) is 11.8 Å². The number of anilines is 2. The van der Waals surface area contributed by atoms with E-state index in [-0.39, 0.29) is 23.7 Å². The van der Waals surface area contributed by atoms with E-state index in [0.29, 0.717) is 6.54 Å². The molecule has 0 unspecified atom stereocenters. The minimum Gasteiger partial charge on any atom is -0.370 e. The van der Waals surface area contributed by atoms with Gasteiger partial charge in [0.05, 0.1) is 17.3 Å². The van der Waals surface area contributed by atoms with Crippen molar-refractivity contribution in [2.24, 2.45) is 11.8 Å². The van der Waals surface area contributed by atoms with Crippen LogP contribution in [0.5, 0.6) is 0 Å². The second kappa shape index (κ2) is 7.06. The topological polar surface area (TPSA) is 52.7 Å². The van der Waals surface area contributed by atoms with Gasteiger partial charge in [-0.3, -0.25) is 9.59 Å². The maximum atomic E-state index is 12.8. The predicted molar refractivity (Wildman–Crippen MR) is 98.5 cm³/mol. The van der Waals surface area contributed by atoms with Gasteiger partial charge in [-0.2, -0.15) is 0 Å². The number of piperidine rings is 1. The first-order valence-electron chi connectivity index (χ1n) is 9.66. The lowest BCUT2D eigenvalue weighted by atomic mass is 9.96. The largest absolute Gasteiger partial charge is 0.370 e. The average Bonchev–Trinajstić information content (AvgIpc) is 3.36. The third kappa shape index (κ3) is 3.65. The molecule has 3 aliphatic rings. The van der Waals surface area contributed by atoms with Crippen LogP contribution < -0.4 is 10.2 Å². The zero-order chi connectivity index (χ0) is 17.2. The summed E-state index contributed by atoms with van der Waals surface area (Å²) in [6, 6.07) is 8.07. The van der Waals surface area contributed by atoms with E-state index < -0.39 is 0 Å². The number of para-hydroxylation sites is 2. The Bertz CT molecular complexity index is 650. The van der Waals surface area contributed by atoms with Gasteiger partial charge in [-0.1, -0.05) is 12.1 Å². The fourth-order valence-corrected chi connectivity index (χ4v) is 4.03. The van der Waals surface area contributed by atoms with Gasteiger partial charge in [0.25, 0.3) is 0 Å². The summed E-state index contributed by atoms with van der Waals surface area (Å²) in [7, 11) is 0. The van der Waals surface area contributed by atoms with Crippen LogP contribution >= 0.6 is 0 Å². The fraction of sp³-hybridized carbons (Fsp3) is 0.600. The molecule has 2 heterocycles. The number of carbonyl (C=O) groups excluding carboxylic acids is 2. The lowest BCUT2D eigenvalue weighted by molar-refractivity contribution is -0.135. The molecule has 1 aliphatic carbocycles. The quantitative estimate of drug-likeness (QED) is 0.916. The molecular weight excluding hydrogens is 314 g/mol. The third-order valence-corrected chi connectivity index (χ3v) is 5.64. The van der Waals surface area contributed by atoms with Crippen LogP contribution in [0.15, 0.2) is 24.3 Å². The Labute approximate surface area is 149 Å². The van der Waals surface area contributed by atoms with E-state index in [9.17, 15) is 9.59 Å². The van der Waals surface area contributed by atoms with E-state index in [1.807, 2.05) is 23.1 Å². The maximum absolute atomic E-state index is 12.8.